The van der Waals surface area contributed by atoms with Gasteiger partial charge in [-0.1, -0.05) is 6.07 Å². The first-order valence-electron chi connectivity index (χ1n) is 5.65. The topological polar surface area (TPSA) is 98.6 Å². The van der Waals surface area contributed by atoms with Crippen LogP contribution >= 0.6 is 12.4 Å². The van der Waals surface area contributed by atoms with Crippen LogP contribution in [0.25, 0.3) is 0 Å². The standard InChI is InChI=1S/C13H20N2O3.ClH/c1-7-5-6-8(14)10(16)9(7)11(15)13(2,3)12(17)18-4;/h5-6,11,16H,14-15H2,1-4H3;1H/t11-;/m0./s1. The quantitative estimate of drug-likeness (QED) is 0.448. The Balaban J connectivity index is 0.00000324. The lowest BCUT2D eigenvalue weighted by Gasteiger charge is -2.30. The van der Waals surface area contributed by atoms with Crippen molar-refractivity contribution in [2.45, 2.75) is 26.8 Å². The number of hydrogen-bond acceptors (Lipinski definition) is 5. The molecule has 0 unspecified atom stereocenters. The number of esters is 1. The molecule has 108 valence electrons. The maximum absolute atomic E-state index is 11.7. The van der Waals surface area contributed by atoms with Gasteiger partial charge in [0.05, 0.1) is 18.2 Å². The molecule has 0 fully saturated rings. The van der Waals surface area contributed by atoms with Crippen molar-refractivity contribution in [3.63, 3.8) is 0 Å². The summed E-state index contributed by atoms with van der Waals surface area (Å²) in [6.07, 6.45) is 0. The van der Waals surface area contributed by atoms with Gasteiger partial charge in [-0.2, -0.15) is 0 Å². The van der Waals surface area contributed by atoms with Crippen LogP contribution in [0, 0.1) is 12.3 Å². The summed E-state index contributed by atoms with van der Waals surface area (Å²) in [6, 6.07) is 2.66. The minimum atomic E-state index is -0.954. The van der Waals surface area contributed by atoms with E-state index in [0.717, 1.165) is 5.56 Å². The zero-order valence-electron chi connectivity index (χ0n) is 11.6. The van der Waals surface area contributed by atoms with Gasteiger partial charge in [-0.15, -0.1) is 12.4 Å². The molecule has 0 radical (unpaired) electrons. The molecule has 0 aliphatic rings. The second-order valence-corrected chi connectivity index (χ2v) is 4.92. The average Bonchev–Trinajstić information content (AvgIpc) is 2.33. The van der Waals surface area contributed by atoms with Crippen molar-refractivity contribution in [1.82, 2.24) is 0 Å². The van der Waals surface area contributed by atoms with Crippen LogP contribution in [-0.4, -0.2) is 18.2 Å². The maximum atomic E-state index is 11.7. The number of aromatic hydroxyl groups is 1. The number of anilines is 1. The molecule has 0 saturated carbocycles. The third-order valence-corrected chi connectivity index (χ3v) is 3.27. The van der Waals surface area contributed by atoms with Crippen molar-refractivity contribution in [2.24, 2.45) is 11.1 Å². The number of nitrogen functional groups attached to an aromatic ring is 1. The van der Waals surface area contributed by atoms with E-state index in [2.05, 4.69) is 0 Å². The van der Waals surface area contributed by atoms with Crippen LogP contribution in [0.15, 0.2) is 12.1 Å². The van der Waals surface area contributed by atoms with Crippen LogP contribution in [0.2, 0.25) is 0 Å². The highest BCUT2D eigenvalue weighted by Crippen LogP contribution is 2.40. The number of nitrogens with two attached hydrogens (primary N) is 2. The van der Waals surface area contributed by atoms with Crippen molar-refractivity contribution in [2.75, 3.05) is 12.8 Å². The Labute approximate surface area is 119 Å². The van der Waals surface area contributed by atoms with Gasteiger partial charge in [-0.3, -0.25) is 4.79 Å². The van der Waals surface area contributed by atoms with Crippen LogP contribution in [0.4, 0.5) is 5.69 Å². The molecule has 1 aromatic carbocycles. The number of carbonyl (C=O) groups is 1. The molecule has 0 amide bonds. The predicted octanol–water partition coefficient (Wildman–Crippen LogP) is 1.90. The van der Waals surface area contributed by atoms with Crippen molar-refractivity contribution in [1.29, 1.82) is 0 Å². The molecule has 0 spiro atoms. The summed E-state index contributed by atoms with van der Waals surface area (Å²) in [5.41, 5.74) is 12.3. The summed E-state index contributed by atoms with van der Waals surface area (Å²) in [4.78, 5) is 11.7. The third-order valence-electron chi connectivity index (χ3n) is 3.27. The van der Waals surface area contributed by atoms with Gasteiger partial charge in [0.25, 0.3) is 0 Å². The highest BCUT2D eigenvalue weighted by Gasteiger charge is 2.38. The molecule has 0 bridgehead atoms. The minimum Gasteiger partial charge on any atom is -0.505 e. The first-order valence-corrected chi connectivity index (χ1v) is 5.65. The van der Waals surface area contributed by atoms with E-state index in [1.807, 2.05) is 6.92 Å². The normalized spacial score (nSPS) is 12.5. The lowest BCUT2D eigenvalue weighted by molar-refractivity contribution is -0.152. The van der Waals surface area contributed by atoms with Gasteiger partial charge in [0.2, 0.25) is 0 Å². The number of halogens is 1. The molecule has 1 rings (SSSR count). The van der Waals surface area contributed by atoms with Crippen LogP contribution < -0.4 is 11.5 Å². The first-order chi connectivity index (χ1) is 8.23. The molecule has 6 heteroatoms. The van der Waals surface area contributed by atoms with Crippen LogP contribution in [0.5, 0.6) is 5.75 Å². The Kier molecular flexibility index (Phi) is 5.65. The summed E-state index contributed by atoms with van der Waals surface area (Å²) in [5, 5.41) is 10.0. The number of carbonyl (C=O) groups excluding carboxylic acids is 1. The van der Waals surface area contributed by atoms with E-state index >= 15 is 0 Å². The monoisotopic (exact) mass is 288 g/mol. The molecule has 19 heavy (non-hydrogen) atoms. The summed E-state index contributed by atoms with van der Waals surface area (Å²) in [5.74, 6) is -0.504. The van der Waals surface area contributed by atoms with E-state index in [9.17, 15) is 9.90 Å². The lowest BCUT2D eigenvalue weighted by atomic mass is 9.79. The van der Waals surface area contributed by atoms with Crippen molar-refractivity contribution >= 4 is 24.1 Å². The maximum Gasteiger partial charge on any atom is 0.313 e. The second kappa shape index (κ2) is 6.12. The fourth-order valence-electron chi connectivity index (χ4n) is 1.87. The Morgan fingerprint density at radius 2 is 1.95 bits per heavy atom. The number of rotatable bonds is 3. The van der Waals surface area contributed by atoms with E-state index in [1.165, 1.54) is 7.11 Å². The molecule has 5 nitrogen and oxygen atoms in total. The molecule has 0 saturated heterocycles. The van der Waals surface area contributed by atoms with Gasteiger partial charge in [0.15, 0.2) is 0 Å². The molecule has 0 aliphatic heterocycles. The highest BCUT2D eigenvalue weighted by atomic mass is 35.5. The van der Waals surface area contributed by atoms with Gasteiger partial charge in [-0.25, -0.2) is 0 Å². The molecule has 1 aromatic rings. The number of hydrogen-bond donors (Lipinski definition) is 3. The van der Waals surface area contributed by atoms with Crippen LogP contribution in [-0.2, 0) is 9.53 Å². The summed E-state index contributed by atoms with van der Waals surface area (Å²) in [6.45, 7) is 5.15. The number of aryl methyl sites for hydroxylation is 1. The highest BCUT2D eigenvalue weighted by molar-refractivity contribution is 5.85. The lowest BCUT2D eigenvalue weighted by Crippen LogP contribution is -2.37. The van der Waals surface area contributed by atoms with Crippen molar-refractivity contribution in [3.05, 3.63) is 23.3 Å². The number of benzene rings is 1. The molecular formula is C13H21ClN2O3. The number of ether oxygens (including phenoxy) is 1. The molecule has 0 heterocycles. The SMILES string of the molecule is COC(=O)C(C)(C)[C@@H](N)c1c(C)ccc(N)c1O.Cl. The van der Waals surface area contributed by atoms with Crippen LogP contribution in [0.1, 0.15) is 31.0 Å². The van der Waals surface area contributed by atoms with Crippen molar-refractivity contribution < 1.29 is 14.6 Å². The van der Waals surface area contributed by atoms with Gasteiger partial charge in [-0.05, 0) is 32.4 Å². The smallest absolute Gasteiger partial charge is 0.313 e. The van der Waals surface area contributed by atoms with E-state index in [1.54, 1.807) is 26.0 Å². The van der Waals surface area contributed by atoms with Gasteiger partial charge >= 0.3 is 5.97 Å². The summed E-state index contributed by atoms with van der Waals surface area (Å²) < 4.78 is 4.74. The van der Waals surface area contributed by atoms with E-state index < -0.39 is 17.4 Å². The molecule has 0 aliphatic carbocycles. The minimum absolute atomic E-state index is 0. The summed E-state index contributed by atoms with van der Waals surface area (Å²) >= 11 is 0. The largest absolute Gasteiger partial charge is 0.505 e. The Bertz CT molecular complexity index is 475. The second-order valence-electron chi connectivity index (χ2n) is 4.92. The van der Waals surface area contributed by atoms with Crippen molar-refractivity contribution in [3.8, 4) is 5.75 Å². The average molecular weight is 289 g/mol. The first kappa shape index (κ1) is 17.5. The van der Waals surface area contributed by atoms with E-state index in [4.69, 9.17) is 16.2 Å². The number of phenolic OH excluding ortho intramolecular Hbond substituents is 1. The Morgan fingerprint density at radius 1 is 1.42 bits per heavy atom. The van der Waals surface area contributed by atoms with Gasteiger partial charge in [0, 0.05) is 11.6 Å². The van der Waals surface area contributed by atoms with Crippen LogP contribution in [0.3, 0.4) is 0 Å². The molecule has 0 aromatic heterocycles. The van der Waals surface area contributed by atoms with Gasteiger partial charge in [0.1, 0.15) is 5.75 Å². The molecular weight excluding hydrogens is 268 g/mol. The zero-order valence-corrected chi connectivity index (χ0v) is 12.4. The Hall–Kier alpha value is -1.46. The zero-order chi connectivity index (χ0) is 14.1. The summed E-state index contributed by atoms with van der Waals surface area (Å²) in [7, 11) is 1.31. The predicted molar refractivity (Wildman–Crippen MR) is 77.2 cm³/mol. The fraction of sp³-hybridized carbons (Fsp3) is 0.462. The Morgan fingerprint density at radius 3 is 2.42 bits per heavy atom. The fourth-order valence-corrected chi connectivity index (χ4v) is 1.87. The number of phenols is 1. The molecule has 1 atom stereocenters. The van der Waals surface area contributed by atoms with Gasteiger partial charge < -0.3 is 21.3 Å². The third kappa shape index (κ3) is 3.11. The van der Waals surface area contributed by atoms with E-state index in [0.29, 0.717) is 5.56 Å². The molecule has 5 N–H and O–H groups in total. The number of methoxy groups -OCH3 is 1. The van der Waals surface area contributed by atoms with E-state index in [-0.39, 0.29) is 23.8 Å².